The summed E-state index contributed by atoms with van der Waals surface area (Å²) in [7, 11) is 0. The summed E-state index contributed by atoms with van der Waals surface area (Å²) >= 11 is 0. The third-order valence-corrected chi connectivity index (χ3v) is 5.91. The first kappa shape index (κ1) is 15.0. The van der Waals surface area contributed by atoms with Gasteiger partial charge in [-0.3, -0.25) is 4.90 Å². The molecule has 3 aromatic rings. The van der Waals surface area contributed by atoms with Crippen LogP contribution in [0.2, 0.25) is 0 Å². The Morgan fingerprint density at radius 3 is 2.60 bits per heavy atom. The minimum Gasteiger partial charge on any atom is -0.385 e. The molecule has 2 aliphatic heterocycles. The van der Waals surface area contributed by atoms with Crippen molar-refractivity contribution in [3.8, 4) is 0 Å². The van der Waals surface area contributed by atoms with Gasteiger partial charge in [0.25, 0.3) is 0 Å². The summed E-state index contributed by atoms with van der Waals surface area (Å²) in [5, 5.41) is 15.7. The highest BCUT2D eigenvalue weighted by Gasteiger charge is 2.48. The van der Waals surface area contributed by atoms with E-state index >= 15 is 0 Å². The number of aliphatic hydroxyl groups is 1. The lowest BCUT2D eigenvalue weighted by atomic mass is 9.81. The van der Waals surface area contributed by atoms with Gasteiger partial charge in [-0.2, -0.15) is 5.10 Å². The van der Waals surface area contributed by atoms with E-state index in [9.17, 15) is 5.11 Å². The lowest BCUT2D eigenvalue weighted by molar-refractivity contribution is -0.0600. The standard InChI is InChI=1S/C20H22N4O/c25-20(16-12-21-19-8-9-22-24(19)14-16)10-17-6-7-18(11-20)23(17)13-15-4-2-1-3-5-15/h1-5,8-9,12,14,17-18,25H,6-7,10-11,13H2. The molecule has 2 aliphatic rings. The van der Waals surface area contributed by atoms with Crippen molar-refractivity contribution in [2.24, 2.45) is 0 Å². The second-order valence-corrected chi connectivity index (χ2v) is 7.46. The van der Waals surface area contributed by atoms with Crippen molar-refractivity contribution in [1.82, 2.24) is 19.5 Å². The minimum atomic E-state index is -0.799. The summed E-state index contributed by atoms with van der Waals surface area (Å²) in [5.41, 5.74) is 2.26. The number of nitrogens with zero attached hydrogens (tertiary/aromatic N) is 4. The molecule has 2 atom stereocenters. The molecule has 5 nitrogen and oxygen atoms in total. The molecule has 4 heterocycles. The van der Waals surface area contributed by atoms with Crippen LogP contribution in [0.4, 0.5) is 0 Å². The van der Waals surface area contributed by atoms with Gasteiger partial charge < -0.3 is 5.11 Å². The number of benzene rings is 1. The first-order valence-electron chi connectivity index (χ1n) is 9.03. The molecule has 25 heavy (non-hydrogen) atoms. The van der Waals surface area contributed by atoms with Crippen LogP contribution in [0.3, 0.4) is 0 Å². The van der Waals surface area contributed by atoms with Gasteiger partial charge in [0.05, 0.1) is 11.8 Å². The highest BCUT2D eigenvalue weighted by atomic mass is 16.3. The van der Waals surface area contributed by atoms with Crippen molar-refractivity contribution >= 4 is 5.65 Å². The van der Waals surface area contributed by atoms with E-state index in [1.54, 1.807) is 10.7 Å². The lowest BCUT2D eigenvalue weighted by Crippen LogP contribution is -2.49. The predicted octanol–water partition coefficient (Wildman–Crippen LogP) is 2.74. The van der Waals surface area contributed by atoms with E-state index in [-0.39, 0.29) is 0 Å². The van der Waals surface area contributed by atoms with Gasteiger partial charge in [-0.05, 0) is 31.2 Å². The number of fused-ring (bicyclic) bond motifs is 3. The molecule has 0 saturated carbocycles. The molecule has 1 aromatic carbocycles. The fourth-order valence-corrected chi connectivity index (χ4v) is 4.65. The van der Waals surface area contributed by atoms with E-state index in [4.69, 9.17) is 0 Å². The second kappa shape index (κ2) is 5.64. The van der Waals surface area contributed by atoms with Crippen molar-refractivity contribution in [3.05, 3.63) is 66.1 Å². The summed E-state index contributed by atoms with van der Waals surface area (Å²) in [4.78, 5) is 7.03. The summed E-state index contributed by atoms with van der Waals surface area (Å²) in [6.07, 6.45) is 9.37. The number of hydrogen-bond acceptors (Lipinski definition) is 4. The Bertz CT molecular complexity index is 877. The first-order chi connectivity index (χ1) is 12.2. The fourth-order valence-electron chi connectivity index (χ4n) is 4.65. The van der Waals surface area contributed by atoms with Gasteiger partial charge in [0.15, 0.2) is 5.65 Å². The van der Waals surface area contributed by atoms with Gasteiger partial charge in [-0.15, -0.1) is 0 Å². The third kappa shape index (κ3) is 2.55. The highest BCUT2D eigenvalue weighted by Crippen LogP contribution is 2.46. The number of rotatable bonds is 3. The van der Waals surface area contributed by atoms with Gasteiger partial charge in [0.2, 0.25) is 0 Å². The van der Waals surface area contributed by atoms with Crippen LogP contribution in [0.15, 0.2) is 55.0 Å². The molecule has 128 valence electrons. The molecule has 2 bridgehead atoms. The normalized spacial score (nSPS) is 29.3. The van der Waals surface area contributed by atoms with Crippen molar-refractivity contribution in [1.29, 1.82) is 0 Å². The zero-order valence-corrected chi connectivity index (χ0v) is 14.1. The Morgan fingerprint density at radius 1 is 1.08 bits per heavy atom. The van der Waals surface area contributed by atoms with E-state index in [1.807, 2.05) is 18.5 Å². The van der Waals surface area contributed by atoms with Gasteiger partial charge in [0.1, 0.15) is 0 Å². The zero-order chi connectivity index (χ0) is 16.9. The van der Waals surface area contributed by atoms with E-state index in [0.29, 0.717) is 12.1 Å². The summed E-state index contributed by atoms with van der Waals surface area (Å²) in [5.74, 6) is 0. The Hall–Kier alpha value is -2.24. The number of aromatic nitrogens is 3. The van der Waals surface area contributed by atoms with E-state index < -0.39 is 5.60 Å². The van der Waals surface area contributed by atoms with E-state index in [1.165, 1.54) is 5.56 Å². The van der Waals surface area contributed by atoms with Crippen LogP contribution in [0.1, 0.15) is 36.8 Å². The molecule has 2 aromatic heterocycles. The Balaban J connectivity index is 1.41. The molecule has 0 aliphatic carbocycles. The maximum Gasteiger partial charge on any atom is 0.154 e. The van der Waals surface area contributed by atoms with Gasteiger partial charge >= 0.3 is 0 Å². The molecule has 2 fully saturated rings. The number of hydrogen-bond donors (Lipinski definition) is 1. The van der Waals surface area contributed by atoms with Crippen LogP contribution >= 0.6 is 0 Å². The largest absolute Gasteiger partial charge is 0.385 e. The predicted molar refractivity (Wildman–Crippen MR) is 94.9 cm³/mol. The van der Waals surface area contributed by atoms with Gasteiger partial charge in [-0.1, -0.05) is 30.3 Å². The highest BCUT2D eigenvalue weighted by molar-refractivity contribution is 5.37. The van der Waals surface area contributed by atoms with E-state index in [2.05, 4.69) is 45.3 Å². The second-order valence-electron chi connectivity index (χ2n) is 7.46. The van der Waals surface area contributed by atoms with Crippen LogP contribution in [0.5, 0.6) is 0 Å². The average Bonchev–Trinajstić information content (AvgIpc) is 3.19. The first-order valence-corrected chi connectivity index (χ1v) is 9.03. The van der Waals surface area contributed by atoms with Gasteiger partial charge in [-0.25, -0.2) is 9.50 Å². The van der Waals surface area contributed by atoms with Crippen LogP contribution in [0, 0.1) is 0 Å². The third-order valence-electron chi connectivity index (χ3n) is 5.91. The van der Waals surface area contributed by atoms with Crippen molar-refractivity contribution < 1.29 is 5.11 Å². The molecule has 5 heteroatoms. The molecule has 2 saturated heterocycles. The summed E-state index contributed by atoms with van der Waals surface area (Å²) in [6.45, 7) is 0.975. The van der Waals surface area contributed by atoms with E-state index in [0.717, 1.165) is 43.4 Å². The molecular weight excluding hydrogens is 312 g/mol. The maximum atomic E-state index is 11.4. The molecule has 0 radical (unpaired) electrons. The van der Waals surface area contributed by atoms with Crippen LogP contribution in [-0.2, 0) is 12.1 Å². The Morgan fingerprint density at radius 2 is 1.84 bits per heavy atom. The smallest absolute Gasteiger partial charge is 0.154 e. The molecule has 1 N–H and O–H groups in total. The zero-order valence-electron chi connectivity index (χ0n) is 14.1. The monoisotopic (exact) mass is 334 g/mol. The van der Waals surface area contributed by atoms with Crippen LogP contribution in [0.25, 0.3) is 5.65 Å². The average molecular weight is 334 g/mol. The van der Waals surface area contributed by atoms with Crippen molar-refractivity contribution in [2.75, 3.05) is 0 Å². The quantitative estimate of drug-likeness (QED) is 0.800. The molecule has 5 rings (SSSR count). The molecule has 0 amide bonds. The van der Waals surface area contributed by atoms with Crippen molar-refractivity contribution in [2.45, 2.75) is 49.9 Å². The van der Waals surface area contributed by atoms with Gasteiger partial charge in [0, 0.05) is 42.7 Å². The topological polar surface area (TPSA) is 53.7 Å². The minimum absolute atomic E-state index is 0.428. The van der Waals surface area contributed by atoms with Crippen molar-refractivity contribution in [3.63, 3.8) is 0 Å². The molecule has 2 unspecified atom stereocenters. The molecule has 0 spiro atoms. The number of piperidine rings is 1. The Kier molecular flexibility index (Phi) is 3.40. The summed E-state index contributed by atoms with van der Waals surface area (Å²) in [6, 6.07) is 13.4. The lowest BCUT2D eigenvalue weighted by Gasteiger charge is -2.44. The summed E-state index contributed by atoms with van der Waals surface area (Å²) < 4.78 is 1.76. The Labute approximate surface area is 146 Å². The van der Waals surface area contributed by atoms with Crippen LogP contribution in [-0.4, -0.2) is 36.7 Å². The molecular formula is C20H22N4O. The van der Waals surface area contributed by atoms with Crippen LogP contribution < -0.4 is 0 Å². The SMILES string of the molecule is OC1(c2cnc3ccnn3c2)CC2CCC(C1)N2Cc1ccccc1. The maximum absolute atomic E-state index is 11.4. The fraction of sp³-hybridized carbons (Fsp3) is 0.400.